The van der Waals surface area contributed by atoms with Crippen LogP contribution in [-0.2, 0) is 20.7 Å². The van der Waals surface area contributed by atoms with Crippen LogP contribution in [0.25, 0.3) is 0 Å². The van der Waals surface area contributed by atoms with E-state index in [1.165, 1.54) is 0 Å². The van der Waals surface area contributed by atoms with E-state index in [1.807, 2.05) is 36.4 Å². The maximum Gasteiger partial charge on any atom is 0.254 e. The van der Waals surface area contributed by atoms with Crippen LogP contribution in [-0.4, -0.2) is 55.5 Å². The molecule has 8 heteroatoms. The van der Waals surface area contributed by atoms with Crippen molar-refractivity contribution in [3.05, 3.63) is 90.0 Å². The van der Waals surface area contributed by atoms with Crippen molar-refractivity contribution in [3.8, 4) is 0 Å². The molecule has 1 aliphatic heterocycles. The van der Waals surface area contributed by atoms with Gasteiger partial charge in [0.25, 0.3) is 5.91 Å². The molecule has 3 N–H and O–H groups in total. The Morgan fingerprint density at radius 3 is 2.17 bits per heavy atom. The number of benzene rings is 3. The van der Waals surface area contributed by atoms with E-state index in [9.17, 15) is 14.4 Å². The van der Waals surface area contributed by atoms with Gasteiger partial charge < -0.3 is 25.6 Å². The lowest BCUT2D eigenvalue weighted by molar-refractivity contribution is -0.116. The van der Waals surface area contributed by atoms with E-state index in [0.717, 1.165) is 5.56 Å². The summed E-state index contributed by atoms with van der Waals surface area (Å²) in [4.78, 5) is 39.3. The lowest BCUT2D eigenvalue weighted by Gasteiger charge is -2.27. The SMILES string of the molecule is O=C(CCc1ccccc1)Nc1cccc(NC(=O)CNc2cccc(C(=O)N3CCOCC3)c2)c1. The fourth-order valence-corrected chi connectivity index (χ4v) is 3.90. The molecule has 0 unspecified atom stereocenters. The quantitative estimate of drug-likeness (QED) is 0.428. The molecule has 36 heavy (non-hydrogen) atoms. The van der Waals surface area contributed by atoms with Crippen molar-refractivity contribution in [3.63, 3.8) is 0 Å². The lowest BCUT2D eigenvalue weighted by atomic mass is 10.1. The third-order valence-electron chi connectivity index (χ3n) is 5.77. The Bertz CT molecular complexity index is 1190. The molecule has 1 fully saturated rings. The topological polar surface area (TPSA) is 99.8 Å². The molecule has 3 amide bonds. The third kappa shape index (κ3) is 7.41. The van der Waals surface area contributed by atoms with Crippen LogP contribution in [0.5, 0.6) is 0 Å². The van der Waals surface area contributed by atoms with Crippen molar-refractivity contribution >= 4 is 34.8 Å². The van der Waals surface area contributed by atoms with E-state index in [1.54, 1.807) is 47.4 Å². The Labute approximate surface area is 210 Å². The predicted molar refractivity (Wildman–Crippen MR) is 140 cm³/mol. The molecule has 186 valence electrons. The molecule has 1 heterocycles. The summed E-state index contributed by atoms with van der Waals surface area (Å²) in [7, 11) is 0. The average molecular weight is 487 g/mol. The second-order valence-electron chi connectivity index (χ2n) is 8.50. The zero-order valence-corrected chi connectivity index (χ0v) is 20.0. The molecule has 1 aliphatic rings. The van der Waals surface area contributed by atoms with Crippen LogP contribution < -0.4 is 16.0 Å². The van der Waals surface area contributed by atoms with Gasteiger partial charge in [-0.05, 0) is 48.4 Å². The van der Waals surface area contributed by atoms with Crippen LogP contribution in [0.3, 0.4) is 0 Å². The maximum atomic E-state index is 12.7. The first-order valence-electron chi connectivity index (χ1n) is 12.0. The largest absolute Gasteiger partial charge is 0.378 e. The molecule has 0 radical (unpaired) electrons. The van der Waals surface area contributed by atoms with E-state index >= 15 is 0 Å². The van der Waals surface area contributed by atoms with Gasteiger partial charge in [-0.15, -0.1) is 0 Å². The maximum absolute atomic E-state index is 12.7. The summed E-state index contributed by atoms with van der Waals surface area (Å²) < 4.78 is 5.31. The van der Waals surface area contributed by atoms with Gasteiger partial charge in [0.15, 0.2) is 0 Å². The summed E-state index contributed by atoms with van der Waals surface area (Å²) in [6.07, 6.45) is 1.03. The van der Waals surface area contributed by atoms with Crippen LogP contribution in [0.1, 0.15) is 22.3 Å². The Morgan fingerprint density at radius 1 is 0.750 bits per heavy atom. The second-order valence-corrected chi connectivity index (χ2v) is 8.50. The van der Waals surface area contributed by atoms with Crippen molar-refractivity contribution in [2.45, 2.75) is 12.8 Å². The molecule has 0 saturated carbocycles. The summed E-state index contributed by atoms with van der Waals surface area (Å²) >= 11 is 0. The zero-order valence-electron chi connectivity index (χ0n) is 20.0. The normalized spacial score (nSPS) is 13.1. The van der Waals surface area contributed by atoms with Crippen molar-refractivity contribution in [1.29, 1.82) is 0 Å². The molecule has 0 aliphatic carbocycles. The Balaban J connectivity index is 1.25. The number of morpholine rings is 1. The average Bonchev–Trinajstić information content (AvgIpc) is 2.92. The molecule has 3 aromatic rings. The third-order valence-corrected chi connectivity index (χ3v) is 5.77. The smallest absolute Gasteiger partial charge is 0.254 e. The Kier molecular flexibility index (Phi) is 8.67. The van der Waals surface area contributed by atoms with Gasteiger partial charge in [-0.25, -0.2) is 0 Å². The number of amides is 3. The van der Waals surface area contributed by atoms with E-state index in [2.05, 4.69) is 16.0 Å². The number of hydrogen-bond donors (Lipinski definition) is 3. The molecule has 4 rings (SSSR count). The zero-order chi connectivity index (χ0) is 25.2. The van der Waals surface area contributed by atoms with Crippen LogP contribution in [0.15, 0.2) is 78.9 Å². The summed E-state index contributed by atoms with van der Waals surface area (Å²) in [5.41, 5.74) is 3.56. The highest BCUT2D eigenvalue weighted by Gasteiger charge is 2.18. The molecule has 3 aromatic carbocycles. The molecule has 0 atom stereocenters. The van der Waals surface area contributed by atoms with Crippen molar-refractivity contribution in [1.82, 2.24) is 4.90 Å². The predicted octanol–water partition coefficient (Wildman–Crippen LogP) is 3.78. The monoisotopic (exact) mass is 486 g/mol. The number of carbonyl (C=O) groups excluding carboxylic acids is 3. The van der Waals surface area contributed by atoms with Gasteiger partial charge in [0.1, 0.15) is 0 Å². The van der Waals surface area contributed by atoms with Gasteiger partial charge >= 0.3 is 0 Å². The van der Waals surface area contributed by atoms with Gasteiger partial charge in [0.05, 0.1) is 19.8 Å². The number of nitrogens with zero attached hydrogens (tertiary/aromatic N) is 1. The van der Waals surface area contributed by atoms with E-state index in [-0.39, 0.29) is 24.3 Å². The van der Waals surface area contributed by atoms with Crippen LogP contribution in [0.2, 0.25) is 0 Å². The Morgan fingerprint density at radius 2 is 1.42 bits per heavy atom. The van der Waals surface area contributed by atoms with Crippen LogP contribution in [0, 0.1) is 0 Å². The lowest BCUT2D eigenvalue weighted by Crippen LogP contribution is -2.40. The second kappa shape index (κ2) is 12.5. The van der Waals surface area contributed by atoms with Crippen molar-refractivity contribution in [2.75, 3.05) is 48.8 Å². The van der Waals surface area contributed by atoms with Gasteiger partial charge in [0.2, 0.25) is 11.8 Å². The number of hydrogen-bond acceptors (Lipinski definition) is 5. The van der Waals surface area contributed by atoms with Crippen molar-refractivity contribution < 1.29 is 19.1 Å². The number of carbonyl (C=O) groups is 3. The number of ether oxygens (including phenoxy) is 1. The van der Waals surface area contributed by atoms with Crippen LogP contribution in [0.4, 0.5) is 17.1 Å². The molecular formula is C28H30N4O4. The van der Waals surface area contributed by atoms with E-state index in [4.69, 9.17) is 4.74 Å². The highest BCUT2D eigenvalue weighted by atomic mass is 16.5. The molecule has 0 aromatic heterocycles. The highest BCUT2D eigenvalue weighted by molar-refractivity contribution is 5.97. The van der Waals surface area contributed by atoms with Gasteiger partial charge in [-0.3, -0.25) is 14.4 Å². The summed E-state index contributed by atoms with van der Waals surface area (Å²) in [6.45, 7) is 2.27. The van der Waals surface area contributed by atoms with Gasteiger partial charge in [-0.1, -0.05) is 42.5 Å². The molecule has 8 nitrogen and oxygen atoms in total. The number of aryl methyl sites for hydroxylation is 1. The molecule has 0 spiro atoms. The minimum atomic E-state index is -0.243. The first-order chi connectivity index (χ1) is 17.6. The highest BCUT2D eigenvalue weighted by Crippen LogP contribution is 2.17. The van der Waals surface area contributed by atoms with Gasteiger partial charge in [-0.2, -0.15) is 0 Å². The molecule has 0 bridgehead atoms. The van der Waals surface area contributed by atoms with E-state index in [0.29, 0.717) is 61.8 Å². The first kappa shape index (κ1) is 24.9. The standard InChI is InChI=1S/C28H30N4O4/c33-26(13-12-21-6-2-1-3-7-21)30-24-10-5-11-25(19-24)31-27(34)20-29-23-9-4-8-22(18-23)28(35)32-14-16-36-17-15-32/h1-11,18-19,29H,12-17,20H2,(H,30,33)(H,31,34). The minimum Gasteiger partial charge on any atom is -0.378 e. The van der Waals surface area contributed by atoms with Crippen LogP contribution >= 0.6 is 0 Å². The number of anilines is 3. The van der Waals surface area contributed by atoms with E-state index < -0.39 is 0 Å². The minimum absolute atomic E-state index is 0.0306. The summed E-state index contributed by atoms with van der Waals surface area (Å²) in [5.74, 6) is -0.378. The Hall–Kier alpha value is -4.17. The van der Waals surface area contributed by atoms with Crippen molar-refractivity contribution in [2.24, 2.45) is 0 Å². The molecule has 1 saturated heterocycles. The first-order valence-corrected chi connectivity index (χ1v) is 12.0. The van der Waals surface area contributed by atoms with Gasteiger partial charge in [0, 0.05) is 42.1 Å². The summed E-state index contributed by atoms with van der Waals surface area (Å²) in [5, 5.41) is 8.77. The molecular weight excluding hydrogens is 456 g/mol. The number of rotatable bonds is 9. The number of nitrogens with one attached hydrogen (secondary N) is 3. The fourth-order valence-electron chi connectivity index (χ4n) is 3.90. The fraction of sp³-hybridized carbons (Fsp3) is 0.250. The summed E-state index contributed by atoms with van der Waals surface area (Å²) in [6, 6.07) is 24.0.